The first-order chi connectivity index (χ1) is 5.20. The van der Waals surface area contributed by atoms with Gasteiger partial charge in [-0.1, -0.05) is 0 Å². The third-order valence-corrected chi connectivity index (χ3v) is 1.23. The third-order valence-electron chi connectivity index (χ3n) is 1.23. The molecule has 4 heteroatoms. The number of nitrogens with zero attached hydrogens (tertiary/aromatic N) is 2. The van der Waals surface area contributed by atoms with Gasteiger partial charge < -0.3 is 5.73 Å². The molecule has 0 fully saturated rings. The Kier molecular flexibility index (Phi) is 2.06. The summed E-state index contributed by atoms with van der Waals surface area (Å²) in [6.45, 7) is 1.91. The summed E-state index contributed by atoms with van der Waals surface area (Å²) < 4.78 is 0. The number of rotatable bonds is 0. The lowest BCUT2D eigenvalue weighted by atomic mass is 10.3. The van der Waals surface area contributed by atoms with Crippen LogP contribution in [0.2, 0.25) is 0 Å². The van der Waals surface area contributed by atoms with E-state index in [0.717, 1.165) is 10.6 Å². The molecular formula is C7H9N3O. The summed E-state index contributed by atoms with van der Waals surface area (Å²) in [6, 6.07) is -0.583. The summed E-state index contributed by atoms with van der Waals surface area (Å²) in [7, 11) is 0. The van der Waals surface area contributed by atoms with Crippen LogP contribution in [0, 0.1) is 0 Å². The Morgan fingerprint density at radius 1 is 1.73 bits per heavy atom. The summed E-state index contributed by atoms with van der Waals surface area (Å²) in [5.74, 6) is 0. The Morgan fingerprint density at radius 2 is 2.45 bits per heavy atom. The van der Waals surface area contributed by atoms with Gasteiger partial charge in [0.15, 0.2) is 0 Å². The average molecular weight is 151 g/mol. The van der Waals surface area contributed by atoms with Crippen LogP contribution in [0.15, 0.2) is 29.0 Å². The SMILES string of the molecule is CC1=CC=NN(C(N)=O)C=C1. The van der Waals surface area contributed by atoms with Crippen molar-refractivity contribution in [2.45, 2.75) is 6.92 Å². The second kappa shape index (κ2) is 3.01. The van der Waals surface area contributed by atoms with Gasteiger partial charge in [-0.3, -0.25) is 0 Å². The minimum atomic E-state index is -0.583. The van der Waals surface area contributed by atoms with E-state index < -0.39 is 6.03 Å². The number of hydrogen-bond acceptors (Lipinski definition) is 2. The molecule has 58 valence electrons. The van der Waals surface area contributed by atoms with Gasteiger partial charge in [-0.05, 0) is 24.6 Å². The van der Waals surface area contributed by atoms with Crippen LogP contribution in [-0.2, 0) is 0 Å². The molecule has 0 aromatic carbocycles. The summed E-state index contributed by atoms with van der Waals surface area (Å²) >= 11 is 0. The first-order valence-electron chi connectivity index (χ1n) is 3.18. The third kappa shape index (κ3) is 1.93. The maximum absolute atomic E-state index is 10.6. The van der Waals surface area contributed by atoms with E-state index in [-0.39, 0.29) is 0 Å². The van der Waals surface area contributed by atoms with E-state index in [1.54, 1.807) is 12.2 Å². The molecule has 0 unspecified atom stereocenters. The number of allylic oxidation sites excluding steroid dienone is 3. The molecular weight excluding hydrogens is 142 g/mol. The molecule has 0 bridgehead atoms. The molecule has 0 aromatic heterocycles. The first-order valence-corrected chi connectivity index (χ1v) is 3.18. The van der Waals surface area contributed by atoms with Crippen molar-refractivity contribution in [1.29, 1.82) is 0 Å². The van der Waals surface area contributed by atoms with E-state index in [9.17, 15) is 4.79 Å². The van der Waals surface area contributed by atoms with E-state index in [0.29, 0.717) is 0 Å². The Bertz CT molecular complexity index is 252. The van der Waals surface area contributed by atoms with Gasteiger partial charge in [0.1, 0.15) is 0 Å². The van der Waals surface area contributed by atoms with E-state index in [1.165, 1.54) is 12.4 Å². The quantitative estimate of drug-likeness (QED) is 0.547. The number of primary amides is 1. The predicted molar refractivity (Wildman–Crippen MR) is 42.8 cm³/mol. The number of hydrogen-bond donors (Lipinski definition) is 1. The molecule has 1 heterocycles. The Morgan fingerprint density at radius 3 is 3.09 bits per heavy atom. The van der Waals surface area contributed by atoms with Crippen molar-refractivity contribution in [2.24, 2.45) is 10.8 Å². The zero-order chi connectivity index (χ0) is 8.27. The number of amides is 2. The van der Waals surface area contributed by atoms with Gasteiger partial charge in [-0.15, -0.1) is 0 Å². The van der Waals surface area contributed by atoms with Crippen molar-refractivity contribution < 1.29 is 4.79 Å². The van der Waals surface area contributed by atoms with Crippen molar-refractivity contribution in [2.75, 3.05) is 0 Å². The fourth-order valence-corrected chi connectivity index (χ4v) is 0.635. The van der Waals surface area contributed by atoms with Crippen molar-refractivity contribution in [1.82, 2.24) is 5.01 Å². The highest BCUT2D eigenvalue weighted by Gasteiger charge is 2.02. The van der Waals surface area contributed by atoms with Gasteiger partial charge >= 0.3 is 6.03 Å². The highest BCUT2D eigenvalue weighted by Crippen LogP contribution is 2.00. The standard InChI is InChI=1S/C7H9N3O/c1-6-2-4-9-10(5-3-6)7(8)11/h2-5H,1H3,(H2,8,11). The molecule has 0 atom stereocenters. The van der Waals surface area contributed by atoms with Crippen molar-refractivity contribution in [3.8, 4) is 0 Å². The van der Waals surface area contributed by atoms with Crippen LogP contribution in [0.5, 0.6) is 0 Å². The normalized spacial score (nSPS) is 16.1. The fraction of sp³-hybridized carbons (Fsp3) is 0.143. The maximum Gasteiger partial charge on any atom is 0.339 e. The largest absolute Gasteiger partial charge is 0.350 e. The molecule has 4 nitrogen and oxygen atoms in total. The maximum atomic E-state index is 10.6. The molecule has 0 radical (unpaired) electrons. The number of carbonyl (C=O) groups excluding carboxylic acids is 1. The van der Waals surface area contributed by atoms with Gasteiger partial charge in [-0.2, -0.15) is 10.1 Å². The molecule has 0 saturated heterocycles. The topological polar surface area (TPSA) is 58.7 Å². The summed E-state index contributed by atoms with van der Waals surface area (Å²) in [4.78, 5) is 10.6. The lowest BCUT2D eigenvalue weighted by Crippen LogP contribution is -2.26. The highest BCUT2D eigenvalue weighted by molar-refractivity contribution is 5.78. The van der Waals surface area contributed by atoms with Crippen molar-refractivity contribution in [3.63, 3.8) is 0 Å². The molecule has 1 aliphatic heterocycles. The van der Waals surface area contributed by atoms with Gasteiger partial charge in [0.25, 0.3) is 0 Å². The molecule has 0 aromatic rings. The molecule has 2 N–H and O–H groups in total. The Hall–Kier alpha value is -1.58. The lowest BCUT2D eigenvalue weighted by molar-refractivity contribution is 0.226. The molecule has 1 rings (SSSR count). The number of hydrazone groups is 1. The van der Waals surface area contributed by atoms with Crippen molar-refractivity contribution >= 4 is 12.2 Å². The van der Waals surface area contributed by atoms with Crippen LogP contribution in [-0.4, -0.2) is 17.3 Å². The zero-order valence-corrected chi connectivity index (χ0v) is 6.19. The first kappa shape index (κ1) is 7.53. The molecule has 0 saturated carbocycles. The van der Waals surface area contributed by atoms with E-state index in [1.807, 2.05) is 6.92 Å². The van der Waals surface area contributed by atoms with Crippen LogP contribution in [0.3, 0.4) is 0 Å². The minimum Gasteiger partial charge on any atom is -0.350 e. The van der Waals surface area contributed by atoms with E-state index >= 15 is 0 Å². The number of nitrogens with two attached hydrogens (primary N) is 1. The molecule has 0 spiro atoms. The van der Waals surface area contributed by atoms with Crippen LogP contribution in [0.25, 0.3) is 0 Å². The van der Waals surface area contributed by atoms with E-state index in [2.05, 4.69) is 5.10 Å². The van der Waals surface area contributed by atoms with Crippen LogP contribution in [0.4, 0.5) is 4.79 Å². The molecule has 0 aliphatic carbocycles. The minimum absolute atomic E-state index is 0.583. The Balaban J connectivity index is 2.79. The summed E-state index contributed by atoms with van der Waals surface area (Å²) in [5.41, 5.74) is 6.01. The van der Waals surface area contributed by atoms with Gasteiger partial charge in [-0.25, -0.2) is 4.79 Å². The Labute approximate surface area is 64.7 Å². The summed E-state index contributed by atoms with van der Waals surface area (Å²) in [6.07, 6.45) is 6.61. The fourth-order valence-electron chi connectivity index (χ4n) is 0.635. The predicted octanol–water partition coefficient (Wildman–Crippen LogP) is 0.827. The van der Waals surface area contributed by atoms with Gasteiger partial charge in [0, 0.05) is 12.4 Å². The van der Waals surface area contributed by atoms with Gasteiger partial charge in [0.05, 0.1) is 0 Å². The van der Waals surface area contributed by atoms with E-state index in [4.69, 9.17) is 5.73 Å². The molecule has 1 aliphatic rings. The molecule has 2 amide bonds. The second-order valence-electron chi connectivity index (χ2n) is 2.17. The number of carbonyl (C=O) groups is 1. The number of urea groups is 1. The average Bonchev–Trinajstić information content (AvgIpc) is 2.13. The monoisotopic (exact) mass is 151 g/mol. The highest BCUT2D eigenvalue weighted by atomic mass is 16.2. The van der Waals surface area contributed by atoms with Gasteiger partial charge in [0.2, 0.25) is 0 Å². The second-order valence-corrected chi connectivity index (χ2v) is 2.17. The summed E-state index contributed by atoms with van der Waals surface area (Å²) in [5, 5.41) is 4.82. The lowest BCUT2D eigenvalue weighted by Gasteiger charge is -2.05. The smallest absolute Gasteiger partial charge is 0.339 e. The van der Waals surface area contributed by atoms with Crippen LogP contribution < -0.4 is 5.73 Å². The molecule has 11 heavy (non-hydrogen) atoms. The van der Waals surface area contributed by atoms with Crippen LogP contribution >= 0.6 is 0 Å². The van der Waals surface area contributed by atoms with Crippen molar-refractivity contribution in [3.05, 3.63) is 23.9 Å². The zero-order valence-electron chi connectivity index (χ0n) is 6.19. The van der Waals surface area contributed by atoms with Crippen LogP contribution in [0.1, 0.15) is 6.92 Å².